The first kappa shape index (κ1) is 30.3. The lowest BCUT2D eigenvalue weighted by atomic mass is 9.87. The molecule has 1 aromatic carbocycles. The highest BCUT2D eigenvalue weighted by atomic mass is 35.5. The number of benzene rings is 1. The van der Waals surface area contributed by atoms with Crippen LogP contribution in [0.15, 0.2) is 24.3 Å². The standard InChI is InChI=1S/C31H50ClN5O2/c1-22(27-11-8-18-33-27)34-28(21-23-12-14-25(32)15-13-23)29(38)35-36-19-16-24(17-20-36)30(39)37(31(2,3)4)26-9-6-5-7-10-26/h12-15,22,24,26-28,33-34H,5-11,16-21H2,1-4H3,(H,35,38)/t22-,27-,28-/m1/s1. The molecule has 3 aliphatic rings. The summed E-state index contributed by atoms with van der Waals surface area (Å²) in [5.41, 5.74) is 4.10. The Bertz CT molecular complexity index is 929. The fourth-order valence-electron chi connectivity index (χ4n) is 6.72. The van der Waals surface area contributed by atoms with Crippen LogP contribution >= 0.6 is 11.6 Å². The first-order valence-electron chi connectivity index (χ1n) is 15.2. The summed E-state index contributed by atoms with van der Waals surface area (Å²) in [7, 11) is 0. The van der Waals surface area contributed by atoms with E-state index >= 15 is 0 Å². The van der Waals surface area contributed by atoms with Crippen LogP contribution in [0.4, 0.5) is 0 Å². The van der Waals surface area contributed by atoms with E-state index in [0.717, 1.165) is 44.2 Å². The van der Waals surface area contributed by atoms with Crippen molar-refractivity contribution in [2.24, 2.45) is 5.92 Å². The van der Waals surface area contributed by atoms with Crippen molar-refractivity contribution in [3.63, 3.8) is 0 Å². The number of halogens is 1. The van der Waals surface area contributed by atoms with Gasteiger partial charge < -0.3 is 15.5 Å². The van der Waals surface area contributed by atoms with Crippen molar-refractivity contribution in [3.05, 3.63) is 34.9 Å². The van der Waals surface area contributed by atoms with Gasteiger partial charge in [0.2, 0.25) is 5.91 Å². The zero-order chi connectivity index (χ0) is 28.0. The van der Waals surface area contributed by atoms with Gasteiger partial charge in [-0.15, -0.1) is 0 Å². The molecule has 39 heavy (non-hydrogen) atoms. The van der Waals surface area contributed by atoms with Crippen LogP contribution in [0.1, 0.15) is 91.0 Å². The third-order valence-electron chi connectivity index (χ3n) is 8.85. The molecule has 2 aliphatic heterocycles. The number of hydrazine groups is 1. The van der Waals surface area contributed by atoms with E-state index in [1.165, 1.54) is 25.7 Å². The lowest BCUT2D eigenvalue weighted by molar-refractivity contribution is -0.146. The molecule has 0 bridgehead atoms. The second kappa shape index (κ2) is 13.8. The zero-order valence-corrected chi connectivity index (χ0v) is 25.2. The van der Waals surface area contributed by atoms with Gasteiger partial charge in [-0.3, -0.25) is 15.0 Å². The van der Waals surface area contributed by atoms with Crippen LogP contribution in [0.25, 0.3) is 0 Å². The number of nitrogens with one attached hydrogen (secondary N) is 3. The second-order valence-corrected chi connectivity index (χ2v) is 13.4. The maximum absolute atomic E-state index is 13.8. The van der Waals surface area contributed by atoms with Gasteiger partial charge in [-0.25, -0.2) is 5.01 Å². The Morgan fingerprint density at radius 2 is 1.69 bits per heavy atom. The Kier molecular flexibility index (Phi) is 10.7. The summed E-state index contributed by atoms with van der Waals surface area (Å²) in [4.78, 5) is 29.5. The number of carbonyl (C=O) groups is 2. The third kappa shape index (κ3) is 8.42. The van der Waals surface area contributed by atoms with Gasteiger partial charge in [0.05, 0.1) is 6.04 Å². The fraction of sp³-hybridized carbons (Fsp3) is 0.742. The molecule has 0 radical (unpaired) electrons. The molecule has 3 N–H and O–H groups in total. The molecule has 0 unspecified atom stereocenters. The van der Waals surface area contributed by atoms with Crippen molar-refractivity contribution < 1.29 is 9.59 Å². The summed E-state index contributed by atoms with van der Waals surface area (Å²) in [6.07, 6.45) is 10.4. The normalized spacial score (nSPS) is 23.4. The predicted molar refractivity (Wildman–Crippen MR) is 158 cm³/mol. The van der Waals surface area contributed by atoms with Crippen molar-refractivity contribution in [2.75, 3.05) is 19.6 Å². The van der Waals surface area contributed by atoms with Crippen LogP contribution in [0.3, 0.4) is 0 Å². The number of carbonyl (C=O) groups excluding carboxylic acids is 2. The summed E-state index contributed by atoms with van der Waals surface area (Å²) in [6.45, 7) is 11.1. The Hall–Kier alpha value is -1.67. The predicted octanol–water partition coefficient (Wildman–Crippen LogP) is 4.68. The van der Waals surface area contributed by atoms with Gasteiger partial charge in [0.25, 0.3) is 5.91 Å². The summed E-state index contributed by atoms with van der Waals surface area (Å²) in [5.74, 6) is 0.314. The summed E-state index contributed by atoms with van der Waals surface area (Å²) in [6, 6.07) is 8.31. The van der Waals surface area contributed by atoms with Gasteiger partial charge in [0, 0.05) is 47.7 Å². The molecule has 2 heterocycles. The number of piperidine rings is 1. The van der Waals surface area contributed by atoms with Crippen LogP contribution in [0.5, 0.6) is 0 Å². The van der Waals surface area contributed by atoms with Crippen molar-refractivity contribution in [3.8, 4) is 0 Å². The van der Waals surface area contributed by atoms with Crippen LogP contribution < -0.4 is 16.1 Å². The first-order valence-corrected chi connectivity index (χ1v) is 15.6. The van der Waals surface area contributed by atoms with Gasteiger partial charge in [-0.2, -0.15) is 0 Å². The van der Waals surface area contributed by atoms with E-state index in [0.29, 0.717) is 42.5 Å². The van der Waals surface area contributed by atoms with E-state index in [2.05, 4.69) is 48.7 Å². The number of amides is 2. The molecule has 1 aliphatic carbocycles. The molecule has 2 amide bonds. The average molecular weight is 560 g/mol. The largest absolute Gasteiger partial charge is 0.335 e. The van der Waals surface area contributed by atoms with E-state index in [-0.39, 0.29) is 29.4 Å². The molecule has 0 spiro atoms. The summed E-state index contributed by atoms with van der Waals surface area (Å²) in [5, 5.41) is 9.88. The quantitative estimate of drug-likeness (QED) is 0.409. The van der Waals surface area contributed by atoms with Crippen molar-refractivity contribution in [2.45, 2.75) is 122 Å². The van der Waals surface area contributed by atoms with Crippen molar-refractivity contribution in [1.29, 1.82) is 0 Å². The molecular formula is C31H50ClN5O2. The lowest BCUT2D eigenvalue weighted by Gasteiger charge is -2.46. The van der Waals surface area contributed by atoms with Crippen LogP contribution in [-0.2, 0) is 16.0 Å². The van der Waals surface area contributed by atoms with E-state index in [1.807, 2.05) is 29.3 Å². The summed E-state index contributed by atoms with van der Waals surface area (Å²) < 4.78 is 0. The second-order valence-electron chi connectivity index (χ2n) is 12.9. The topological polar surface area (TPSA) is 76.7 Å². The highest BCUT2D eigenvalue weighted by Gasteiger charge is 2.38. The van der Waals surface area contributed by atoms with E-state index in [9.17, 15) is 9.59 Å². The molecule has 0 aromatic heterocycles. The van der Waals surface area contributed by atoms with Crippen LogP contribution in [-0.4, -0.2) is 71.1 Å². The highest BCUT2D eigenvalue weighted by molar-refractivity contribution is 6.30. The van der Waals surface area contributed by atoms with Crippen LogP contribution in [0.2, 0.25) is 5.02 Å². The molecule has 8 heteroatoms. The van der Waals surface area contributed by atoms with E-state index < -0.39 is 0 Å². The summed E-state index contributed by atoms with van der Waals surface area (Å²) >= 11 is 6.10. The van der Waals surface area contributed by atoms with Gasteiger partial charge in [-0.05, 0) is 96.9 Å². The van der Waals surface area contributed by atoms with Gasteiger partial charge in [0.15, 0.2) is 0 Å². The molecule has 3 fully saturated rings. The maximum Gasteiger partial charge on any atom is 0.251 e. The Morgan fingerprint density at radius 3 is 2.28 bits per heavy atom. The number of hydrogen-bond donors (Lipinski definition) is 3. The highest BCUT2D eigenvalue weighted by Crippen LogP contribution is 2.32. The van der Waals surface area contributed by atoms with Gasteiger partial charge in [-0.1, -0.05) is 43.0 Å². The van der Waals surface area contributed by atoms with Crippen molar-refractivity contribution >= 4 is 23.4 Å². The van der Waals surface area contributed by atoms with E-state index in [4.69, 9.17) is 11.6 Å². The molecular weight excluding hydrogens is 510 g/mol. The molecule has 2 saturated heterocycles. The number of hydrogen-bond acceptors (Lipinski definition) is 5. The third-order valence-corrected chi connectivity index (χ3v) is 9.10. The Morgan fingerprint density at radius 1 is 1.03 bits per heavy atom. The molecule has 3 atom stereocenters. The fourth-order valence-corrected chi connectivity index (χ4v) is 6.85. The Labute approximate surface area is 240 Å². The minimum atomic E-state index is -0.356. The molecule has 4 rings (SSSR count). The van der Waals surface area contributed by atoms with Gasteiger partial charge in [0.1, 0.15) is 0 Å². The molecule has 7 nitrogen and oxygen atoms in total. The molecule has 1 aromatic rings. The van der Waals surface area contributed by atoms with Crippen molar-refractivity contribution in [1.82, 2.24) is 26.0 Å². The SMILES string of the molecule is C[C@@H](N[C@H](Cc1ccc(Cl)cc1)C(=O)NN1CCC(C(=O)N(C2CCCCC2)C(C)(C)C)CC1)[C@H]1CCCN1. The lowest BCUT2D eigenvalue weighted by Crippen LogP contribution is -2.59. The smallest absolute Gasteiger partial charge is 0.251 e. The number of rotatable bonds is 9. The minimum absolute atomic E-state index is 0.0157. The zero-order valence-electron chi connectivity index (χ0n) is 24.5. The maximum atomic E-state index is 13.8. The first-order chi connectivity index (χ1) is 18.6. The Balaban J connectivity index is 1.35. The number of nitrogens with zero attached hydrogens (tertiary/aromatic N) is 2. The monoisotopic (exact) mass is 559 g/mol. The van der Waals surface area contributed by atoms with E-state index in [1.54, 1.807) is 0 Å². The van der Waals surface area contributed by atoms with Gasteiger partial charge >= 0.3 is 0 Å². The van der Waals surface area contributed by atoms with Crippen LogP contribution in [0, 0.1) is 5.92 Å². The molecule has 218 valence electrons. The molecule has 1 saturated carbocycles. The average Bonchev–Trinajstić information content (AvgIpc) is 3.45. The minimum Gasteiger partial charge on any atom is -0.335 e.